The molecule has 0 aliphatic carbocycles. The molecule has 0 fully saturated rings. The second-order valence-electron chi connectivity index (χ2n) is 5.35. The molecule has 1 aromatic carbocycles. The molecule has 5 nitrogen and oxygen atoms in total. The average molecular weight is 346 g/mol. The molecule has 0 saturated carbocycles. The third-order valence-electron chi connectivity index (χ3n) is 3.28. The van der Waals surface area contributed by atoms with E-state index >= 15 is 0 Å². The second-order valence-corrected chi connectivity index (χ2v) is 6.30. The zero-order chi connectivity index (χ0) is 17.2. The molecule has 2 aromatic rings. The van der Waals surface area contributed by atoms with Gasteiger partial charge in [0.2, 0.25) is 5.91 Å². The standard InChI is InChI=1S/C18H22N2O3S/c1-14-5-2-6-15(13-14)23-11-4-9-19-17(21)8-10-20-18(22)16-7-3-12-24-16/h2-3,5-7,12-13H,4,8-11H2,1H3,(H,19,21)(H,20,22). The van der Waals surface area contributed by atoms with E-state index in [1.807, 2.05) is 42.6 Å². The predicted octanol–water partition coefficient (Wildman–Crippen LogP) is 2.76. The van der Waals surface area contributed by atoms with Crippen molar-refractivity contribution in [1.82, 2.24) is 10.6 Å². The molecular formula is C18H22N2O3S. The highest BCUT2D eigenvalue weighted by atomic mass is 32.1. The Hall–Kier alpha value is -2.34. The molecule has 2 rings (SSSR count). The first-order chi connectivity index (χ1) is 11.6. The molecule has 0 saturated heterocycles. The van der Waals surface area contributed by atoms with Crippen molar-refractivity contribution in [3.05, 3.63) is 52.2 Å². The fraction of sp³-hybridized carbons (Fsp3) is 0.333. The number of amides is 2. The lowest BCUT2D eigenvalue weighted by molar-refractivity contribution is -0.120. The van der Waals surface area contributed by atoms with Crippen molar-refractivity contribution in [1.29, 1.82) is 0 Å². The van der Waals surface area contributed by atoms with Crippen molar-refractivity contribution in [2.45, 2.75) is 19.8 Å². The summed E-state index contributed by atoms with van der Waals surface area (Å²) in [6, 6.07) is 11.5. The Balaban J connectivity index is 1.51. The number of carbonyl (C=O) groups excluding carboxylic acids is 2. The van der Waals surface area contributed by atoms with E-state index in [1.165, 1.54) is 11.3 Å². The monoisotopic (exact) mass is 346 g/mol. The average Bonchev–Trinajstić information content (AvgIpc) is 3.09. The summed E-state index contributed by atoms with van der Waals surface area (Å²) >= 11 is 1.38. The Morgan fingerprint density at radius 2 is 2.00 bits per heavy atom. The first-order valence-electron chi connectivity index (χ1n) is 7.93. The Morgan fingerprint density at radius 1 is 1.12 bits per heavy atom. The zero-order valence-electron chi connectivity index (χ0n) is 13.7. The zero-order valence-corrected chi connectivity index (χ0v) is 14.5. The molecule has 0 spiro atoms. The van der Waals surface area contributed by atoms with Gasteiger partial charge in [-0.05, 0) is 42.5 Å². The van der Waals surface area contributed by atoms with Gasteiger partial charge in [-0.15, -0.1) is 11.3 Å². The van der Waals surface area contributed by atoms with Crippen molar-refractivity contribution in [3.63, 3.8) is 0 Å². The van der Waals surface area contributed by atoms with Gasteiger partial charge in [0.1, 0.15) is 5.75 Å². The number of hydrogen-bond acceptors (Lipinski definition) is 4. The summed E-state index contributed by atoms with van der Waals surface area (Å²) in [5, 5.41) is 7.40. The molecule has 0 atom stereocenters. The van der Waals surface area contributed by atoms with Crippen LogP contribution < -0.4 is 15.4 Å². The molecule has 0 aliphatic rings. The Labute approximate surface area is 146 Å². The van der Waals surface area contributed by atoms with Gasteiger partial charge in [-0.1, -0.05) is 18.2 Å². The summed E-state index contributed by atoms with van der Waals surface area (Å²) in [5.41, 5.74) is 1.16. The predicted molar refractivity (Wildman–Crippen MR) is 95.6 cm³/mol. The molecule has 128 valence electrons. The van der Waals surface area contributed by atoms with Gasteiger partial charge in [0.25, 0.3) is 5.91 Å². The molecule has 0 aliphatic heterocycles. The SMILES string of the molecule is Cc1cccc(OCCCNC(=O)CCNC(=O)c2cccs2)c1. The minimum absolute atomic E-state index is 0.0722. The lowest BCUT2D eigenvalue weighted by Gasteiger charge is -2.08. The van der Waals surface area contributed by atoms with Crippen molar-refractivity contribution in [2.24, 2.45) is 0 Å². The van der Waals surface area contributed by atoms with Crippen molar-refractivity contribution >= 4 is 23.2 Å². The number of ether oxygens (including phenoxy) is 1. The third kappa shape index (κ3) is 6.42. The number of nitrogens with one attached hydrogen (secondary N) is 2. The smallest absolute Gasteiger partial charge is 0.261 e. The number of benzene rings is 1. The maximum atomic E-state index is 11.7. The Morgan fingerprint density at radius 3 is 2.75 bits per heavy atom. The van der Waals surface area contributed by atoms with E-state index in [1.54, 1.807) is 6.07 Å². The molecular weight excluding hydrogens is 324 g/mol. The van der Waals surface area contributed by atoms with Crippen LogP contribution in [0.25, 0.3) is 0 Å². The van der Waals surface area contributed by atoms with Gasteiger partial charge >= 0.3 is 0 Å². The number of aryl methyl sites for hydroxylation is 1. The topological polar surface area (TPSA) is 67.4 Å². The highest BCUT2D eigenvalue weighted by Gasteiger charge is 2.06. The highest BCUT2D eigenvalue weighted by Crippen LogP contribution is 2.12. The molecule has 1 heterocycles. The number of rotatable bonds is 9. The van der Waals surface area contributed by atoms with E-state index in [4.69, 9.17) is 4.74 Å². The maximum Gasteiger partial charge on any atom is 0.261 e. The molecule has 1 aromatic heterocycles. The van der Waals surface area contributed by atoms with Crippen LogP contribution in [0.4, 0.5) is 0 Å². The van der Waals surface area contributed by atoms with Crippen LogP contribution >= 0.6 is 11.3 Å². The van der Waals surface area contributed by atoms with Crippen LogP contribution in [0.15, 0.2) is 41.8 Å². The van der Waals surface area contributed by atoms with Crippen LogP contribution in [0, 0.1) is 6.92 Å². The van der Waals surface area contributed by atoms with Crippen LogP contribution in [0.3, 0.4) is 0 Å². The molecule has 2 amide bonds. The van der Waals surface area contributed by atoms with Gasteiger partial charge in [0.05, 0.1) is 11.5 Å². The first kappa shape index (κ1) is 18.0. The van der Waals surface area contributed by atoms with Gasteiger partial charge in [0.15, 0.2) is 0 Å². The van der Waals surface area contributed by atoms with Gasteiger partial charge in [-0.3, -0.25) is 9.59 Å². The van der Waals surface area contributed by atoms with E-state index in [-0.39, 0.29) is 18.2 Å². The van der Waals surface area contributed by atoms with Crippen LogP contribution in [0.2, 0.25) is 0 Å². The van der Waals surface area contributed by atoms with Crippen molar-refractivity contribution < 1.29 is 14.3 Å². The maximum absolute atomic E-state index is 11.7. The first-order valence-corrected chi connectivity index (χ1v) is 8.81. The highest BCUT2D eigenvalue weighted by molar-refractivity contribution is 7.12. The Kier molecular flexibility index (Phi) is 7.29. The lowest BCUT2D eigenvalue weighted by atomic mass is 10.2. The quantitative estimate of drug-likeness (QED) is 0.686. The van der Waals surface area contributed by atoms with E-state index in [9.17, 15) is 9.59 Å². The molecule has 6 heteroatoms. The summed E-state index contributed by atoms with van der Waals surface area (Å²) in [5.74, 6) is 0.638. The van der Waals surface area contributed by atoms with Crippen LogP contribution in [0.1, 0.15) is 28.1 Å². The normalized spacial score (nSPS) is 10.2. The summed E-state index contributed by atoms with van der Waals surface area (Å²) in [4.78, 5) is 24.0. The van der Waals surface area contributed by atoms with Gasteiger partial charge < -0.3 is 15.4 Å². The van der Waals surface area contributed by atoms with E-state index < -0.39 is 0 Å². The van der Waals surface area contributed by atoms with Gasteiger partial charge in [-0.2, -0.15) is 0 Å². The number of hydrogen-bond donors (Lipinski definition) is 2. The Bertz CT molecular complexity index is 656. The molecule has 0 unspecified atom stereocenters. The molecule has 0 bridgehead atoms. The minimum Gasteiger partial charge on any atom is -0.494 e. The van der Waals surface area contributed by atoms with Crippen molar-refractivity contribution in [3.8, 4) is 5.75 Å². The largest absolute Gasteiger partial charge is 0.494 e. The van der Waals surface area contributed by atoms with E-state index in [2.05, 4.69) is 10.6 Å². The fourth-order valence-electron chi connectivity index (χ4n) is 2.07. The number of thiophene rings is 1. The summed E-state index contributed by atoms with van der Waals surface area (Å²) < 4.78 is 5.62. The lowest BCUT2D eigenvalue weighted by Crippen LogP contribution is -2.31. The minimum atomic E-state index is -0.135. The second kappa shape index (κ2) is 9.72. The van der Waals surface area contributed by atoms with Gasteiger partial charge in [0, 0.05) is 19.5 Å². The molecule has 2 N–H and O–H groups in total. The van der Waals surface area contributed by atoms with E-state index in [0.717, 1.165) is 17.7 Å². The fourth-order valence-corrected chi connectivity index (χ4v) is 2.71. The van der Waals surface area contributed by atoms with Crippen LogP contribution in [-0.4, -0.2) is 31.5 Å². The summed E-state index contributed by atoms with van der Waals surface area (Å²) in [6.07, 6.45) is 1.01. The molecule has 24 heavy (non-hydrogen) atoms. The third-order valence-corrected chi connectivity index (χ3v) is 4.15. The summed E-state index contributed by atoms with van der Waals surface area (Å²) in [7, 11) is 0. The van der Waals surface area contributed by atoms with Gasteiger partial charge in [-0.25, -0.2) is 0 Å². The van der Waals surface area contributed by atoms with Crippen LogP contribution in [-0.2, 0) is 4.79 Å². The van der Waals surface area contributed by atoms with Crippen molar-refractivity contribution in [2.75, 3.05) is 19.7 Å². The van der Waals surface area contributed by atoms with Crippen LogP contribution in [0.5, 0.6) is 5.75 Å². The number of carbonyl (C=O) groups is 2. The summed E-state index contributed by atoms with van der Waals surface area (Å²) in [6.45, 7) is 3.47. The van der Waals surface area contributed by atoms with E-state index in [0.29, 0.717) is 24.6 Å². The molecule has 0 radical (unpaired) electrons.